The smallest absolute Gasteiger partial charge is 0.408 e. The van der Waals surface area contributed by atoms with Crippen LogP contribution in [0.5, 0.6) is 5.75 Å². The van der Waals surface area contributed by atoms with Gasteiger partial charge in [-0.25, -0.2) is 18.0 Å². The first kappa shape index (κ1) is 15.4. The molecule has 1 atom stereocenters. The average Bonchev–Trinajstić information content (AvgIpc) is 2.32. The van der Waals surface area contributed by atoms with Crippen molar-refractivity contribution in [2.24, 2.45) is 0 Å². The lowest BCUT2D eigenvalue weighted by atomic mass is 9.99. The van der Waals surface area contributed by atoms with Crippen molar-refractivity contribution in [3.05, 3.63) is 29.6 Å². The molecular weight excluding hydrogens is 287 g/mol. The third-order valence-electron chi connectivity index (χ3n) is 2.60. The van der Waals surface area contributed by atoms with Gasteiger partial charge in [-0.05, 0) is 6.07 Å². The lowest BCUT2D eigenvalue weighted by Gasteiger charge is -2.32. The minimum Gasteiger partial charge on any atom is -0.497 e. The van der Waals surface area contributed by atoms with Crippen LogP contribution in [0, 0.1) is 5.82 Å². The van der Waals surface area contributed by atoms with Crippen molar-refractivity contribution in [3.63, 3.8) is 0 Å². The number of hydrogen-bond donors (Lipinski definition) is 1. The molecule has 1 aromatic carbocycles. The zero-order valence-electron chi connectivity index (χ0n) is 9.78. The third-order valence-corrected chi connectivity index (χ3v) is 2.60. The van der Waals surface area contributed by atoms with E-state index in [1.165, 1.54) is 13.2 Å². The molecule has 2 rings (SSSR count). The highest BCUT2D eigenvalue weighted by Crippen LogP contribution is 2.36. The van der Waals surface area contributed by atoms with Gasteiger partial charge >= 0.3 is 12.0 Å². The Morgan fingerprint density at radius 1 is 1.47 bits per heavy atom. The number of benzene rings is 1. The normalized spacial score (nSPS) is 20.8. The van der Waals surface area contributed by atoms with Crippen LogP contribution in [0.2, 0.25) is 0 Å². The molecule has 0 unspecified atom stereocenters. The number of methoxy groups -OCH3 is 1. The molecule has 0 spiro atoms. The SMILES string of the molecule is COc1ccc([C@@H]2NC(=O)OCC2(F)F)c(F)c1.Cl. The maximum atomic E-state index is 13.7. The van der Waals surface area contributed by atoms with Gasteiger partial charge in [0, 0.05) is 11.6 Å². The predicted molar refractivity (Wildman–Crippen MR) is 62.4 cm³/mol. The number of carbonyl (C=O) groups is 1. The van der Waals surface area contributed by atoms with Gasteiger partial charge < -0.3 is 14.8 Å². The summed E-state index contributed by atoms with van der Waals surface area (Å²) in [7, 11) is 1.33. The second-order valence-electron chi connectivity index (χ2n) is 3.80. The highest BCUT2D eigenvalue weighted by Gasteiger charge is 2.47. The Balaban J connectivity index is 0.00000180. The van der Waals surface area contributed by atoms with Crippen molar-refractivity contribution in [3.8, 4) is 5.75 Å². The Kier molecular flexibility index (Phi) is 4.52. The van der Waals surface area contributed by atoms with Crippen molar-refractivity contribution < 1.29 is 27.4 Å². The van der Waals surface area contributed by atoms with Crippen LogP contribution in [-0.4, -0.2) is 25.7 Å². The van der Waals surface area contributed by atoms with E-state index < -0.39 is 30.5 Å². The number of cyclic esters (lactones) is 1. The highest BCUT2D eigenvalue weighted by atomic mass is 35.5. The van der Waals surface area contributed by atoms with E-state index in [1.807, 2.05) is 5.32 Å². The third kappa shape index (κ3) is 3.04. The molecule has 1 heterocycles. The zero-order chi connectivity index (χ0) is 13.3. The number of rotatable bonds is 2. The first-order valence-corrected chi connectivity index (χ1v) is 5.08. The molecule has 0 saturated carbocycles. The maximum absolute atomic E-state index is 13.7. The van der Waals surface area contributed by atoms with Crippen LogP contribution in [0.25, 0.3) is 0 Å². The monoisotopic (exact) mass is 297 g/mol. The van der Waals surface area contributed by atoms with E-state index in [0.29, 0.717) is 0 Å². The number of amides is 1. The van der Waals surface area contributed by atoms with Crippen molar-refractivity contribution >= 4 is 18.5 Å². The van der Waals surface area contributed by atoms with Gasteiger partial charge in [0.05, 0.1) is 7.11 Å². The molecule has 0 radical (unpaired) electrons. The molecule has 0 aliphatic carbocycles. The highest BCUT2D eigenvalue weighted by molar-refractivity contribution is 5.85. The van der Waals surface area contributed by atoms with E-state index in [1.54, 1.807) is 0 Å². The molecule has 0 bridgehead atoms. The van der Waals surface area contributed by atoms with Gasteiger partial charge in [-0.2, -0.15) is 0 Å². The predicted octanol–water partition coefficient (Wildman–Crippen LogP) is 2.67. The number of ether oxygens (including phenoxy) is 2. The van der Waals surface area contributed by atoms with E-state index in [-0.39, 0.29) is 23.7 Å². The lowest BCUT2D eigenvalue weighted by Crippen LogP contribution is -2.49. The van der Waals surface area contributed by atoms with Gasteiger partial charge in [-0.1, -0.05) is 6.07 Å². The molecule has 19 heavy (non-hydrogen) atoms. The van der Waals surface area contributed by atoms with Crippen molar-refractivity contribution in [1.29, 1.82) is 0 Å². The topological polar surface area (TPSA) is 47.6 Å². The molecule has 1 aliphatic heterocycles. The zero-order valence-corrected chi connectivity index (χ0v) is 10.6. The first-order chi connectivity index (χ1) is 8.44. The fourth-order valence-electron chi connectivity index (χ4n) is 1.68. The van der Waals surface area contributed by atoms with E-state index in [2.05, 4.69) is 4.74 Å². The summed E-state index contributed by atoms with van der Waals surface area (Å²) in [6, 6.07) is 1.73. The fourth-order valence-corrected chi connectivity index (χ4v) is 1.68. The van der Waals surface area contributed by atoms with Crippen LogP contribution in [-0.2, 0) is 4.74 Å². The number of alkyl carbamates (subject to hydrolysis) is 1. The van der Waals surface area contributed by atoms with Gasteiger partial charge in [-0.15, -0.1) is 12.4 Å². The Bertz CT molecular complexity index is 484. The van der Waals surface area contributed by atoms with Gasteiger partial charge in [0.25, 0.3) is 0 Å². The number of carbonyl (C=O) groups excluding carboxylic acids is 1. The number of hydrogen-bond acceptors (Lipinski definition) is 3. The van der Waals surface area contributed by atoms with Crippen LogP contribution in [0.4, 0.5) is 18.0 Å². The number of halogens is 4. The molecule has 106 valence electrons. The van der Waals surface area contributed by atoms with Gasteiger partial charge in [0.2, 0.25) is 0 Å². The van der Waals surface area contributed by atoms with E-state index >= 15 is 0 Å². The maximum Gasteiger partial charge on any atom is 0.408 e. The molecule has 8 heteroatoms. The van der Waals surface area contributed by atoms with Crippen LogP contribution in [0.15, 0.2) is 18.2 Å². The first-order valence-electron chi connectivity index (χ1n) is 5.08. The summed E-state index contributed by atoms with van der Waals surface area (Å²) in [5, 5.41) is 1.91. The molecule has 1 fully saturated rings. The Labute approximate surface area is 113 Å². The molecule has 1 amide bonds. The van der Waals surface area contributed by atoms with E-state index in [0.717, 1.165) is 12.1 Å². The van der Waals surface area contributed by atoms with Crippen molar-refractivity contribution in [1.82, 2.24) is 5.32 Å². The van der Waals surface area contributed by atoms with E-state index in [9.17, 15) is 18.0 Å². The van der Waals surface area contributed by atoms with Gasteiger partial charge in [0.1, 0.15) is 17.6 Å². The Morgan fingerprint density at radius 3 is 2.74 bits per heavy atom. The Hall–Kier alpha value is -1.63. The summed E-state index contributed by atoms with van der Waals surface area (Å²) in [5.41, 5.74) is -0.308. The summed E-state index contributed by atoms with van der Waals surface area (Å²) < 4.78 is 49.7. The molecular formula is C11H11ClF3NO3. The lowest BCUT2D eigenvalue weighted by molar-refractivity contribution is -0.105. The van der Waals surface area contributed by atoms with Gasteiger partial charge in [-0.3, -0.25) is 0 Å². The minimum absolute atomic E-state index is 0. The van der Waals surface area contributed by atoms with Crippen LogP contribution >= 0.6 is 12.4 Å². The summed E-state index contributed by atoms with van der Waals surface area (Å²) in [5.74, 6) is -4.04. The molecule has 1 N–H and O–H groups in total. The molecule has 0 aromatic heterocycles. The standard InChI is InChI=1S/C11H10F3NO3.ClH/c1-17-6-2-3-7(8(12)4-6)9-11(13,14)5-18-10(16)15-9;/h2-4,9H,5H2,1H3,(H,15,16);1H/t9-;/m0./s1. The summed E-state index contributed by atoms with van der Waals surface area (Å²) >= 11 is 0. The minimum atomic E-state index is -3.37. The number of nitrogens with one attached hydrogen (secondary N) is 1. The van der Waals surface area contributed by atoms with Crippen LogP contribution < -0.4 is 10.1 Å². The quantitative estimate of drug-likeness (QED) is 0.913. The van der Waals surface area contributed by atoms with Crippen LogP contribution in [0.1, 0.15) is 11.6 Å². The van der Waals surface area contributed by atoms with Gasteiger partial charge in [0.15, 0.2) is 6.61 Å². The summed E-state index contributed by atoms with van der Waals surface area (Å²) in [6.07, 6.45) is -0.999. The second kappa shape index (κ2) is 5.56. The average molecular weight is 298 g/mol. The second-order valence-corrected chi connectivity index (χ2v) is 3.80. The summed E-state index contributed by atoms with van der Waals surface area (Å²) in [4.78, 5) is 11.0. The molecule has 1 saturated heterocycles. The fraction of sp³-hybridized carbons (Fsp3) is 0.364. The van der Waals surface area contributed by atoms with Crippen molar-refractivity contribution in [2.75, 3.05) is 13.7 Å². The largest absolute Gasteiger partial charge is 0.497 e. The molecule has 1 aliphatic rings. The number of alkyl halides is 2. The van der Waals surface area contributed by atoms with E-state index in [4.69, 9.17) is 4.74 Å². The Morgan fingerprint density at radius 2 is 2.16 bits per heavy atom. The van der Waals surface area contributed by atoms with Crippen molar-refractivity contribution in [2.45, 2.75) is 12.0 Å². The molecule has 1 aromatic rings. The molecule has 4 nitrogen and oxygen atoms in total. The summed E-state index contributed by atoms with van der Waals surface area (Å²) in [6.45, 7) is -1.07. The van der Waals surface area contributed by atoms with Crippen LogP contribution in [0.3, 0.4) is 0 Å².